The molecule has 0 aromatic heterocycles. The zero-order valence-electron chi connectivity index (χ0n) is 10.8. The summed E-state index contributed by atoms with van der Waals surface area (Å²) in [4.78, 5) is 22.7. The van der Waals surface area contributed by atoms with Gasteiger partial charge in [0.2, 0.25) is 0 Å². The number of hydrogen-bond acceptors (Lipinski definition) is 4. The van der Waals surface area contributed by atoms with E-state index in [0.29, 0.717) is 11.6 Å². The minimum absolute atomic E-state index is 0.0259. The molecule has 0 aliphatic rings. The molecular formula is C13H13Cl3O4. The van der Waals surface area contributed by atoms with Crippen molar-refractivity contribution in [2.24, 2.45) is 0 Å². The van der Waals surface area contributed by atoms with E-state index in [1.165, 1.54) is 12.1 Å². The maximum absolute atomic E-state index is 11.6. The van der Waals surface area contributed by atoms with E-state index in [-0.39, 0.29) is 41.0 Å². The van der Waals surface area contributed by atoms with Crippen molar-refractivity contribution in [3.05, 3.63) is 27.2 Å². The van der Waals surface area contributed by atoms with Crippen molar-refractivity contribution in [3.63, 3.8) is 0 Å². The average molecular weight is 340 g/mol. The van der Waals surface area contributed by atoms with E-state index in [2.05, 4.69) is 0 Å². The molecule has 1 aromatic rings. The summed E-state index contributed by atoms with van der Waals surface area (Å²) >= 11 is 17.6. The van der Waals surface area contributed by atoms with Crippen molar-refractivity contribution in [3.8, 4) is 5.75 Å². The molecule has 110 valence electrons. The second-order valence-electron chi connectivity index (χ2n) is 3.83. The van der Waals surface area contributed by atoms with Crippen LogP contribution in [-0.2, 0) is 14.3 Å². The predicted octanol–water partition coefficient (Wildman–Crippen LogP) is 3.94. The molecule has 0 saturated carbocycles. The maximum atomic E-state index is 11.6. The van der Waals surface area contributed by atoms with E-state index in [1.54, 1.807) is 6.92 Å². The summed E-state index contributed by atoms with van der Waals surface area (Å²) < 4.78 is 9.97. The van der Waals surface area contributed by atoms with Crippen molar-refractivity contribution in [1.29, 1.82) is 0 Å². The van der Waals surface area contributed by atoms with Crippen LogP contribution in [0.1, 0.15) is 19.8 Å². The monoisotopic (exact) mass is 338 g/mol. The Hall–Kier alpha value is -0.970. The molecule has 0 aliphatic heterocycles. The van der Waals surface area contributed by atoms with Crippen LogP contribution < -0.4 is 4.74 Å². The number of ketones is 1. The Kier molecular flexibility index (Phi) is 7.13. The zero-order valence-corrected chi connectivity index (χ0v) is 13.0. The first-order chi connectivity index (χ1) is 9.43. The molecule has 0 saturated heterocycles. The van der Waals surface area contributed by atoms with Crippen LogP contribution in [0.15, 0.2) is 12.1 Å². The molecule has 0 atom stereocenters. The molecule has 0 heterocycles. The molecule has 7 heteroatoms. The molecular weight excluding hydrogens is 326 g/mol. The smallest absolute Gasteiger partial charge is 0.306 e. The molecule has 0 amide bonds. The fourth-order valence-corrected chi connectivity index (χ4v) is 2.29. The van der Waals surface area contributed by atoms with Gasteiger partial charge < -0.3 is 9.47 Å². The Labute approximate surface area is 131 Å². The molecule has 0 fully saturated rings. The van der Waals surface area contributed by atoms with Gasteiger partial charge >= 0.3 is 5.97 Å². The molecule has 4 nitrogen and oxygen atoms in total. The van der Waals surface area contributed by atoms with Gasteiger partial charge in [0, 0.05) is 11.4 Å². The molecule has 0 unspecified atom stereocenters. The molecule has 0 spiro atoms. The molecule has 1 rings (SSSR count). The first kappa shape index (κ1) is 17.1. The SMILES string of the molecule is CCOC(=O)CCC(=O)COc1c(Cl)cc(Cl)cc1Cl. The first-order valence-corrected chi connectivity index (χ1v) is 7.02. The number of halogens is 3. The van der Waals surface area contributed by atoms with Crippen LogP contribution in [0.4, 0.5) is 0 Å². The average Bonchev–Trinajstić information content (AvgIpc) is 2.35. The highest BCUT2D eigenvalue weighted by Gasteiger charge is 2.12. The molecule has 0 bridgehead atoms. The van der Waals surface area contributed by atoms with Gasteiger partial charge in [-0.2, -0.15) is 0 Å². The molecule has 0 N–H and O–H groups in total. The summed E-state index contributed by atoms with van der Waals surface area (Å²) in [6.45, 7) is 1.77. The number of esters is 1. The van der Waals surface area contributed by atoms with Gasteiger partial charge in [0.05, 0.1) is 23.1 Å². The van der Waals surface area contributed by atoms with Crippen LogP contribution in [0, 0.1) is 0 Å². The van der Waals surface area contributed by atoms with Gasteiger partial charge in [0.1, 0.15) is 6.61 Å². The summed E-state index contributed by atoms with van der Waals surface area (Å²) in [5.41, 5.74) is 0. The highest BCUT2D eigenvalue weighted by molar-refractivity contribution is 6.40. The second kappa shape index (κ2) is 8.35. The van der Waals surface area contributed by atoms with Crippen LogP contribution in [0.5, 0.6) is 5.75 Å². The largest absolute Gasteiger partial charge is 0.483 e. The van der Waals surface area contributed by atoms with Gasteiger partial charge in [0.15, 0.2) is 11.5 Å². The van der Waals surface area contributed by atoms with E-state index in [1.807, 2.05) is 0 Å². The van der Waals surface area contributed by atoms with E-state index < -0.39 is 5.97 Å². The fourth-order valence-electron chi connectivity index (χ4n) is 1.37. The van der Waals surface area contributed by atoms with Gasteiger partial charge in [-0.25, -0.2) is 0 Å². The van der Waals surface area contributed by atoms with Crippen molar-refractivity contribution in [1.82, 2.24) is 0 Å². The lowest BCUT2D eigenvalue weighted by Gasteiger charge is -2.09. The lowest BCUT2D eigenvalue weighted by molar-refractivity contribution is -0.144. The predicted molar refractivity (Wildman–Crippen MR) is 77.8 cm³/mol. The zero-order chi connectivity index (χ0) is 15.1. The van der Waals surface area contributed by atoms with E-state index in [9.17, 15) is 9.59 Å². The van der Waals surface area contributed by atoms with Gasteiger partial charge in [-0.1, -0.05) is 34.8 Å². The second-order valence-corrected chi connectivity index (χ2v) is 5.08. The van der Waals surface area contributed by atoms with Crippen LogP contribution in [0.3, 0.4) is 0 Å². The van der Waals surface area contributed by atoms with Gasteiger partial charge in [-0.05, 0) is 19.1 Å². The third-order valence-corrected chi connectivity index (χ3v) is 3.03. The van der Waals surface area contributed by atoms with Crippen molar-refractivity contribution in [2.45, 2.75) is 19.8 Å². The third kappa shape index (κ3) is 5.57. The summed E-state index contributed by atoms with van der Waals surface area (Å²) in [5, 5.41) is 0.822. The van der Waals surface area contributed by atoms with E-state index >= 15 is 0 Å². The molecule has 1 aromatic carbocycles. The molecule has 0 radical (unpaired) electrons. The first-order valence-electron chi connectivity index (χ1n) is 5.88. The quantitative estimate of drug-likeness (QED) is 0.706. The minimum atomic E-state index is -0.414. The summed E-state index contributed by atoms with van der Waals surface area (Å²) in [6, 6.07) is 2.93. The highest BCUT2D eigenvalue weighted by atomic mass is 35.5. The Morgan fingerprint density at radius 3 is 2.25 bits per heavy atom. The summed E-state index contributed by atoms with van der Waals surface area (Å²) in [5.74, 6) is -0.467. The molecule has 0 aliphatic carbocycles. The Bertz CT molecular complexity index is 479. The number of carbonyl (C=O) groups excluding carboxylic acids is 2. The lowest BCUT2D eigenvalue weighted by atomic mass is 10.2. The Morgan fingerprint density at radius 1 is 1.10 bits per heavy atom. The standard InChI is InChI=1S/C13H13Cl3O4/c1-2-19-12(18)4-3-9(17)7-20-13-10(15)5-8(14)6-11(13)16/h5-6H,2-4,7H2,1H3. The maximum Gasteiger partial charge on any atom is 0.306 e. The minimum Gasteiger partial charge on any atom is -0.483 e. The third-order valence-electron chi connectivity index (χ3n) is 2.25. The van der Waals surface area contributed by atoms with Crippen LogP contribution in [0.25, 0.3) is 0 Å². The molecule has 20 heavy (non-hydrogen) atoms. The topological polar surface area (TPSA) is 52.6 Å². The number of ether oxygens (including phenoxy) is 2. The highest BCUT2D eigenvalue weighted by Crippen LogP contribution is 2.35. The fraction of sp³-hybridized carbons (Fsp3) is 0.385. The van der Waals surface area contributed by atoms with Crippen molar-refractivity contribution < 1.29 is 19.1 Å². The van der Waals surface area contributed by atoms with E-state index in [0.717, 1.165) is 0 Å². The van der Waals surface area contributed by atoms with Crippen LogP contribution >= 0.6 is 34.8 Å². The van der Waals surface area contributed by atoms with Crippen molar-refractivity contribution in [2.75, 3.05) is 13.2 Å². The summed E-state index contributed by atoms with van der Waals surface area (Å²) in [6.07, 6.45) is 0.0692. The normalized spacial score (nSPS) is 10.2. The van der Waals surface area contributed by atoms with Gasteiger partial charge in [-0.3, -0.25) is 9.59 Å². The van der Waals surface area contributed by atoms with Crippen LogP contribution in [-0.4, -0.2) is 25.0 Å². The number of rotatable bonds is 7. The Morgan fingerprint density at radius 2 is 1.70 bits per heavy atom. The van der Waals surface area contributed by atoms with Crippen molar-refractivity contribution >= 4 is 46.6 Å². The van der Waals surface area contributed by atoms with E-state index in [4.69, 9.17) is 44.3 Å². The van der Waals surface area contributed by atoms with Gasteiger partial charge in [-0.15, -0.1) is 0 Å². The van der Waals surface area contributed by atoms with Crippen LogP contribution in [0.2, 0.25) is 15.1 Å². The Balaban J connectivity index is 2.47. The number of Topliss-reactive ketones (excluding diaryl/α,β-unsaturated/α-hetero) is 1. The lowest BCUT2D eigenvalue weighted by Crippen LogP contribution is -2.14. The number of carbonyl (C=O) groups is 2. The number of benzene rings is 1. The summed E-state index contributed by atoms with van der Waals surface area (Å²) in [7, 11) is 0. The van der Waals surface area contributed by atoms with Gasteiger partial charge in [0.25, 0.3) is 0 Å². The number of hydrogen-bond donors (Lipinski definition) is 0.